The number of thioether (sulfide) groups is 1. The molecule has 0 fully saturated rings. The Bertz CT molecular complexity index is 574. The van der Waals surface area contributed by atoms with Crippen LogP contribution in [0, 0.1) is 0 Å². The van der Waals surface area contributed by atoms with Crippen LogP contribution in [0.1, 0.15) is 18.1 Å². The van der Waals surface area contributed by atoms with Gasteiger partial charge in [-0.3, -0.25) is 9.79 Å². The predicted molar refractivity (Wildman–Crippen MR) is 83.6 cm³/mol. The van der Waals surface area contributed by atoms with Crippen molar-refractivity contribution in [2.24, 2.45) is 4.99 Å². The zero-order chi connectivity index (χ0) is 16.3. The Morgan fingerprint density at radius 3 is 2.50 bits per heavy atom. The van der Waals surface area contributed by atoms with E-state index in [1.54, 1.807) is 6.92 Å². The van der Waals surface area contributed by atoms with Gasteiger partial charge in [-0.15, -0.1) is 0 Å². The molecule has 1 aliphatic heterocycles. The van der Waals surface area contributed by atoms with E-state index in [-0.39, 0.29) is 18.6 Å². The van der Waals surface area contributed by atoms with E-state index in [1.807, 2.05) is 0 Å². The molecule has 0 radical (unpaired) electrons. The summed E-state index contributed by atoms with van der Waals surface area (Å²) < 4.78 is 42.7. The minimum atomic E-state index is -4.37. The number of nitrogens with zero attached hydrogens (tertiary/aromatic N) is 1. The van der Waals surface area contributed by atoms with Gasteiger partial charge in [0.1, 0.15) is 5.25 Å². The summed E-state index contributed by atoms with van der Waals surface area (Å²) in [6.07, 6.45) is -4.37. The SMILES string of the molecule is CCOC(=O)C1SC(c2ccc(C(F)(F)F)cc2)=NC1CBr. The van der Waals surface area contributed by atoms with Crippen molar-refractivity contribution >= 4 is 38.7 Å². The number of alkyl halides is 4. The van der Waals surface area contributed by atoms with Gasteiger partial charge in [0, 0.05) is 10.9 Å². The van der Waals surface area contributed by atoms with E-state index in [1.165, 1.54) is 23.9 Å². The minimum absolute atomic E-state index is 0.278. The fourth-order valence-corrected chi connectivity index (χ4v) is 3.89. The zero-order valence-corrected chi connectivity index (χ0v) is 14.0. The first-order chi connectivity index (χ1) is 10.4. The van der Waals surface area contributed by atoms with Crippen molar-refractivity contribution in [3.8, 4) is 0 Å². The summed E-state index contributed by atoms with van der Waals surface area (Å²) in [6.45, 7) is 2.00. The molecule has 2 rings (SSSR count). The van der Waals surface area contributed by atoms with Gasteiger partial charge in [-0.1, -0.05) is 39.8 Å². The maximum absolute atomic E-state index is 12.6. The third kappa shape index (κ3) is 3.84. The standard InChI is InChI=1S/C14H13BrF3NO2S/c1-2-21-13(20)11-10(7-15)19-12(22-11)8-3-5-9(6-4-8)14(16,17)18/h3-6,10-11H,2,7H2,1H3. The molecule has 1 aromatic rings. The predicted octanol–water partition coefficient (Wildman–Crippen LogP) is 3.89. The number of halogens is 4. The van der Waals surface area contributed by atoms with Crippen molar-refractivity contribution in [2.45, 2.75) is 24.4 Å². The number of esters is 1. The molecule has 0 spiro atoms. The molecule has 0 aliphatic carbocycles. The lowest BCUT2D eigenvalue weighted by Gasteiger charge is -2.13. The Kier molecular flexibility index (Phi) is 5.55. The highest BCUT2D eigenvalue weighted by Crippen LogP contribution is 2.34. The number of benzene rings is 1. The number of rotatable bonds is 4. The fourth-order valence-electron chi connectivity index (χ4n) is 1.94. The Morgan fingerprint density at radius 2 is 2.00 bits per heavy atom. The summed E-state index contributed by atoms with van der Waals surface area (Å²) >= 11 is 4.52. The molecule has 0 N–H and O–H groups in total. The summed E-state index contributed by atoms with van der Waals surface area (Å²) in [4.78, 5) is 16.3. The van der Waals surface area contributed by atoms with Gasteiger partial charge in [0.05, 0.1) is 23.3 Å². The molecule has 1 heterocycles. The largest absolute Gasteiger partial charge is 0.465 e. The highest BCUT2D eigenvalue weighted by Gasteiger charge is 2.37. The molecule has 0 saturated carbocycles. The molecule has 8 heteroatoms. The van der Waals surface area contributed by atoms with Gasteiger partial charge in [-0.05, 0) is 19.1 Å². The summed E-state index contributed by atoms with van der Waals surface area (Å²) in [5.74, 6) is -0.359. The minimum Gasteiger partial charge on any atom is -0.465 e. The third-order valence-electron chi connectivity index (χ3n) is 3.01. The first kappa shape index (κ1) is 17.3. The molecule has 120 valence electrons. The second-order valence-electron chi connectivity index (χ2n) is 4.52. The van der Waals surface area contributed by atoms with E-state index in [2.05, 4.69) is 20.9 Å². The molecule has 22 heavy (non-hydrogen) atoms. The van der Waals surface area contributed by atoms with Gasteiger partial charge >= 0.3 is 12.1 Å². The lowest BCUT2D eigenvalue weighted by Crippen LogP contribution is -2.29. The van der Waals surface area contributed by atoms with Gasteiger partial charge in [0.25, 0.3) is 0 Å². The molecule has 0 bridgehead atoms. The maximum Gasteiger partial charge on any atom is 0.416 e. The molecule has 2 atom stereocenters. The first-order valence-corrected chi connectivity index (χ1v) is 8.51. The van der Waals surface area contributed by atoms with Crippen molar-refractivity contribution < 1.29 is 22.7 Å². The molecule has 0 amide bonds. The lowest BCUT2D eigenvalue weighted by atomic mass is 10.1. The Morgan fingerprint density at radius 1 is 1.36 bits per heavy atom. The molecule has 0 saturated heterocycles. The average Bonchev–Trinajstić information content (AvgIpc) is 2.91. The lowest BCUT2D eigenvalue weighted by molar-refractivity contribution is -0.142. The van der Waals surface area contributed by atoms with E-state index in [0.29, 0.717) is 15.9 Å². The van der Waals surface area contributed by atoms with Gasteiger partial charge in [-0.2, -0.15) is 13.2 Å². The van der Waals surface area contributed by atoms with Crippen LogP contribution in [-0.4, -0.2) is 34.2 Å². The summed E-state index contributed by atoms with van der Waals surface area (Å²) in [7, 11) is 0. The van der Waals surface area contributed by atoms with Gasteiger partial charge < -0.3 is 4.74 Å². The van der Waals surface area contributed by atoms with Crippen LogP contribution in [0.4, 0.5) is 13.2 Å². The molecule has 1 aromatic carbocycles. The summed E-state index contributed by atoms with van der Waals surface area (Å²) in [5, 5.41) is 0.556. The quantitative estimate of drug-likeness (QED) is 0.573. The van der Waals surface area contributed by atoms with E-state index < -0.39 is 17.0 Å². The molecule has 2 unspecified atom stereocenters. The van der Waals surface area contributed by atoms with Crippen LogP contribution >= 0.6 is 27.7 Å². The Labute approximate surface area is 138 Å². The molecule has 0 aromatic heterocycles. The van der Waals surface area contributed by atoms with E-state index >= 15 is 0 Å². The van der Waals surface area contributed by atoms with Crippen LogP contribution in [-0.2, 0) is 15.7 Å². The maximum atomic E-state index is 12.6. The number of hydrogen-bond acceptors (Lipinski definition) is 4. The topological polar surface area (TPSA) is 38.7 Å². The van der Waals surface area contributed by atoms with Gasteiger partial charge in [-0.25, -0.2) is 0 Å². The van der Waals surface area contributed by atoms with Crippen LogP contribution in [0.2, 0.25) is 0 Å². The van der Waals surface area contributed by atoms with Crippen LogP contribution in [0.5, 0.6) is 0 Å². The number of hydrogen-bond donors (Lipinski definition) is 0. The van der Waals surface area contributed by atoms with Gasteiger partial charge in [0.2, 0.25) is 0 Å². The zero-order valence-electron chi connectivity index (χ0n) is 11.6. The normalized spacial score (nSPS) is 21.6. The Hall–Kier alpha value is -1.02. The van der Waals surface area contributed by atoms with Crippen LogP contribution < -0.4 is 0 Å². The monoisotopic (exact) mass is 395 g/mol. The van der Waals surface area contributed by atoms with Crippen LogP contribution in [0.25, 0.3) is 0 Å². The van der Waals surface area contributed by atoms with Crippen molar-refractivity contribution in [1.82, 2.24) is 0 Å². The van der Waals surface area contributed by atoms with Crippen molar-refractivity contribution in [3.63, 3.8) is 0 Å². The highest BCUT2D eigenvalue weighted by atomic mass is 79.9. The summed E-state index contributed by atoms with van der Waals surface area (Å²) in [5.41, 5.74) is -0.144. The molecular formula is C14H13BrF3NO2S. The van der Waals surface area contributed by atoms with Crippen molar-refractivity contribution in [3.05, 3.63) is 35.4 Å². The summed E-state index contributed by atoms with van der Waals surface area (Å²) in [6, 6.07) is 4.47. The van der Waals surface area contributed by atoms with Crippen molar-refractivity contribution in [2.75, 3.05) is 11.9 Å². The average molecular weight is 396 g/mol. The van der Waals surface area contributed by atoms with Crippen LogP contribution in [0.3, 0.4) is 0 Å². The number of carbonyl (C=O) groups is 1. The second-order valence-corrected chi connectivity index (χ2v) is 6.30. The fraction of sp³-hybridized carbons (Fsp3) is 0.429. The Balaban J connectivity index is 2.18. The first-order valence-electron chi connectivity index (χ1n) is 6.51. The number of aliphatic imine (C=N–C) groups is 1. The van der Waals surface area contributed by atoms with Crippen molar-refractivity contribution in [1.29, 1.82) is 0 Å². The van der Waals surface area contributed by atoms with E-state index in [9.17, 15) is 18.0 Å². The second kappa shape index (κ2) is 7.04. The van der Waals surface area contributed by atoms with E-state index in [0.717, 1.165) is 12.1 Å². The smallest absolute Gasteiger partial charge is 0.416 e. The van der Waals surface area contributed by atoms with Crippen LogP contribution in [0.15, 0.2) is 29.3 Å². The molecule has 1 aliphatic rings. The molecule has 3 nitrogen and oxygen atoms in total. The van der Waals surface area contributed by atoms with E-state index in [4.69, 9.17) is 4.74 Å². The van der Waals surface area contributed by atoms with Gasteiger partial charge in [0.15, 0.2) is 0 Å². The number of ether oxygens (including phenoxy) is 1. The molecular weight excluding hydrogens is 383 g/mol. The highest BCUT2D eigenvalue weighted by molar-refractivity contribution is 9.09. The third-order valence-corrected chi connectivity index (χ3v) is 5.00. The number of carbonyl (C=O) groups excluding carboxylic acids is 1.